The molecule has 1 heterocycles. The molecule has 2 amide bonds. The van der Waals surface area contributed by atoms with Crippen molar-refractivity contribution in [2.45, 2.75) is 20.0 Å². The summed E-state index contributed by atoms with van der Waals surface area (Å²) in [5.74, 6) is 0. The van der Waals surface area contributed by atoms with E-state index in [9.17, 15) is 4.79 Å². The number of benzene rings is 2. The van der Waals surface area contributed by atoms with Gasteiger partial charge < -0.3 is 15.4 Å². The highest BCUT2D eigenvalue weighted by Gasteiger charge is 2.11. The molecule has 0 aliphatic carbocycles. The lowest BCUT2D eigenvalue weighted by Gasteiger charge is -2.26. The topological polar surface area (TPSA) is 53.6 Å². The number of amides is 2. The third-order valence-electron chi connectivity index (χ3n) is 4.23. The minimum atomic E-state index is -0.191. The first-order valence-electron chi connectivity index (χ1n) is 8.68. The third-order valence-corrected chi connectivity index (χ3v) is 4.23. The maximum atomic E-state index is 12.1. The Morgan fingerprint density at radius 2 is 1.84 bits per heavy atom. The summed E-state index contributed by atoms with van der Waals surface area (Å²) in [6, 6.07) is 15.9. The van der Waals surface area contributed by atoms with Crippen molar-refractivity contribution in [1.82, 2.24) is 10.2 Å². The number of ether oxygens (including phenoxy) is 1. The van der Waals surface area contributed by atoms with Gasteiger partial charge in [-0.1, -0.05) is 36.4 Å². The van der Waals surface area contributed by atoms with Crippen molar-refractivity contribution in [2.75, 3.05) is 31.6 Å². The zero-order valence-electron chi connectivity index (χ0n) is 14.6. The normalized spacial score (nSPS) is 14.9. The van der Waals surface area contributed by atoms with Gasteiger partial charge in [0.05, 0.1) is 13.2 Å². The molecule has 0 bridgehead atoms. The number of hydrogen-bond acceptors (Lipinski definition) is 3. The molecule has 132 valence electrons. The van der Waals surface area contributed by atoms with Crippen LogP contribution in [0.25, 0.3) is 0 Å². The van der Waals surface area contributed by atoms with Crippen LogP contribution < -0.4 is 10.6 Å². The van der Waals surface area contributed by atoms with Crippen molar-refractivity contribution < 1.29 is 9.53 Å². The van der Waals surface area contributed by atoms with Crippen molar-refractivity contribution in [3.8, 4) is 0 Å². The second kappa shape index (κ2) is 8.65. The second-order valence-corrected chi connectivity index (χ2v) is 6.39. The van der Waals surface area contributed by atoms with E-state index in [1.807, 2.05) is 43.3 Å². The molecule has 0 atom stereocenters. The average molecular weight is 339 g/mol. The van der Waals surface area contributed by atoms with E-state index >= 15 is 0 Å². The zero-order chi connectivity index (χ0) is 17.5. The molecule has 1 aliphatic heterocycles. The molecule has 0 aromatic heterocycles. The largest absolute Gasteiger partial charge is 0.379 e. The number of aryl methyl sites for hydroxylation is 1. The van der Waals surface area contributed by atoms with Gasteiger partial charge in [0.1, 0.15) is 0 Å². The Balaban J connectivity index is 1.50. The summed E-state index contributed by atoms with van der Waals surface area (Å²) in [5.41, 5.74) is 4.29. The molecule has 0 unspecified atom stereocenters. The van der Waals surface area contributed by atoms with Crippen molar-refractivity contribution in [3.05, 3.63) is 65.2 Å². The number of hydrogen-bond donors (Lipinski definition) is 2. The highest BCUT2D eigenvalue weighted by Crippen LogP contribution is 2.11. The fraction of sp³-hybridized carbons (Fsp3) is 0.350. The Morgan fingerprint density at radius 1 is 1.08 bits per heavy atom. The van der Waals surface area contributed by atoms with E-state index in [0.29, 0.717) is 6.54 Å². The number of rotatable bonds is 5. The van der Waals surface area contributed by atoms with Gasteiger partial charge in [0.2, 0.25) is 0 Å². The standard InChI is InChI=1S/C20H25N3O2/c1-16-4-2-7-19(12-16)22-20(24)21-14-17-5-3-6-18(13-17)15-23-8-10-25-11-9-23/h2-7,12-13H,8-11,14-15H2,1H3,(H2,21,22,24). The van der Waals surface area contributed by atoms with E-state index in [1.165, 1.54) is 5.56 Å². The number of carbonyl (C=O) groups excluding carboxylic acids is 1. The van der Waals surface area contributed by atoms with Crippen molar-refractivity contribution >= 4 is 11.7 Å². The van der Waals surface area contributed by atoms with Crippen LogP contribution in [0.2, 0.25) is 0 Å². The summed E-state index contributed by atoms with van der Waals surface area (Å²) in [4.78, 5) is 14.4. The van der Waals surface area contributed by atoms with Gasteiger partial charge in [-0.3, -0.25) is 4.90 Å². The molecule has 1 fully saturated rings. The van der Waals surface area contributed by atoms with Crippen LogP contribution in [0.5, 0.6) is 0 Å². The van der Waals surface area contributed by atoms with Crippen LogP contribution >= 0.6 is 0 Å². The van der Waals surface area contributed by atoms with E-state index in [1.54, 1.807) is 0 Å². The fourth-order valence-electron chi connectivity index (χ4n) is 2.94. The quantitative estimate of drug-likeness (QED) is 0.880. The lowest BCUT2D eigenvalue weighted by Crippen LogP contribution is -2.35. The van der Waals surface area contributed by atoms with Crippen molar-refractivity contribution in [2.24, 2.45) is 0 Å². The average Bonchev–Trinajstić information content (AvgIpc) is 2.61. The van der Waals surface area contributed by atoms with Gasteiger partial charge in [-0.05, 0) is 35.7 Å². The summed E-state index contributed by atoms with van der Waals surface area (Å²) >= 11 is 0. The van der Waals surface area contributed by atoms with E-state index in [4.69, 9.17) is 4.74 Å². The SMILES string of the molecule is Cc1cccc(NC(=O)NCc2cccc(CN3CCOCC3)c2)c1. The highest BCUT2D eigenvalue weighted by molar-refractivity contribution is 5.89. The van der Waals surface area contributed by atoms with Crippen molar-refractivity contribution in [3.63, 3.8) is 0 Å². The van der Waals surface area contributed by atoms with E-state index in [2.05, 4.69) is 27.7 Å². The number of nitrogens with one attached hydrogen (secondary N) is 2. The molecule has 2 aromatic rings. The Kier molecular flexibility index (Phi) is 6.04. The molecule has 2 aromatic carbocycles. The number of urea groups is 1. The van der Waals surface area contributed by atoms with Crippen LogP contribution in [0.15, 0.2) is 48.5 Å². The lowest BCUT2D eigenvalue weighted by molar-refractivity contribution is 0.0342. The van der Waals surface area contributed by atoms with Crippen LogP contribution in [0.3, 0.4) is 0 Å². The minimum absolute atomic E-state index is 0.191. The van der Waals surface area contributed by atoms with Gasteiger partial charge in [-0.15, -0.1) is 0 Å². The number of morpholine rings is 1. The van der Waals surface area contributed by atoms with E-state index in [-0.39, 0.29) is 6.03 Å². The maximum Gasteiger partial charge on any atom is 0.319 e. The first kappa shape index (κ1) is 17.5. The molecule has 1 saturated heterocycles. The van der Waals surface area contributed by atoms with Gasteiger partial charge in [0.25, 0.3) is 0 Å². The second-order valence-electron chi connectivity index (χ2n) is 6.39. The molecule has 3 rings (SSSR count). The van der Waals surface area contributed by atoms with Crippen LogP contribution in [-0.2, 0) is 17.8 Å². The van der Waals surface area contributed by atoms with Crippen LogP contribution in [-0.4, -0.2) is 37.2 Å². The van der Waals surface area contributed by atoms with Crippen LogP contribution in [0.1, 0.15) is 16.7 Å². The summed E-state index contributed by atoms with van der Waals surface area (Å²) in [6.07, 6.45) is 0. The maximum absolute atomic E-state index is 12.1. The summed E-state index contributed by atoms with van der Waals surface area (Å²) in [7, 11) is 0. The molecule has 0 radical (unpaired) electrons. The zero-order valence-corrected chi connectivity index (χ0v) is 14.6. The molecule has 5 nitrogen and oxygen atoms in total. The Bertz CT molecular complexity index is 712. The summed E-state index contributed by atoms with van der Waals surface area (Å²) in [6.45, 7) is 6.99. The molecule has 2 N–H and O–H groups in total. The van der Waals surface area contributed by atoms with Gasteiger partial charge in [0.15, 0.2) is 0 Å². The number of anilines is 1. The Morgan fingerprint density at radius 3 is 2.64 bits per heavy atom. The Hall–Kier alpha value is -2.37. The molecule has 0 spiro atoms. The van der Waals surface area contributed by atoms with Gasteiger partial charge >= 0.3 is 6.03 Å². The first-order valence-corrected chi connectivity index (χ1v) is 8.68. The molecule has 25 heavy (non-hydrogen) atoms. The van der Waals surface area contributed by atoms with E-state index in [0.717, 1.165) is 49.7 Å². The van der Waals surface area contributed by atoms with Crippen LogP contribution in [0.4, 0.5) is 10.5 Å². The molecular formula is C20H25N3O2. The summed E-state index contributed by atoms with van der Waals surface area (Å²) in [5, 5.41) is 5.78. The number of nitrogens with zero attached hydrogens (tertiary/aromatic N) is 1. The minimum Gasteiger partial charge on any atom is -0.379 e. The Labute approximate surface area is 149 Å². The molecule has 0 saturated carbocycles. The summed E-state index contributed by atoms with van der Waals surface area (Å²) < 4.78 is 5.39. The van der Waals surface area contributed by atoms with Gasteiger partial charge in [0, 0.05) is 31.9 Å². The number of carbonyl (C=O) groups is 1. The van der Waals surface area contributed by atoms with Crippen LogP contribution in [0, 0.1) is 6.92 Å². The first-order chi connectivity index (χ1) is 12.2. The third kappa shape index (κ3) is 5.59. The molecule has 5 heteroatoms. The van der Waals surface area contributed by atoms with Gasteiger partial charge in [-0.25, -0.2) is 4.79 Å². The molecule has 1 aliphatic rings. The predicted molar refractivity (Wildman–Crippen MR) is 99.6 cm³/mol. The van der Waals surface area contributed by atoms with Gasteiger partial charge in [-0.2, -0.15) is 0 Å². The van der Waals surface area contributed by atoms with Crippen molar-refractivity contribution in [1.29, 1.82) is 0 Å². The monoisotopic (exact) mass is 339 g/mol. The molecular weight excluding hydrogens is 314 g/mol. The fourth-order valence-corrected chi connectivity index (χ4v) is 2.94. The lowest BCUT2D eigenvalue weighted by atomic mass is 10.1. The highest BCUT2D eigenvalue weighted by atomic mass is 16.5. The predicted octanol–water partition coefficient (Wildman–Crippen LogP) is 3.15. The smallest absolute Gasteiger partial charge is 0.319 e. The van der Waals surface area contributed by atoms with E-state index < -0.39 is 0 Å².